The first-order valence-electron chi connectivity index (χ1n) is 9.72. The van der Waals surface area contributed by atoms with Gasteiger partial charge >= 0.3 is 0 Å². The monoisotopic (exact) mass is 439 g/mol. The summed E-state index contributed by atoms with van der Waals surface area (Å²) in [5.74, 6) is -0.494. The molecule has 0 atom stereocenters. The topological polar surface area (TPSA) is 214 Å². The van der Waals surface area contributed by atoms with Crippen LogP contribution in [0, 0.1) is 4.91 Å². The number of carbonyl (C=O) groups excluding carboxylic acids is 1. The van der Waals surface area contributed by atoms with Crippen LogP contribution in [0.2, 0.25) is 0 Å². The van der Waals surface area contributed by atoms with E-state index in [9.17, 15) is 9.70 Å². The lowest BCUT2D eigenvalue weighted by Gasteiger charge is -2.29. The number of nitrogens with zero attached hydrogens (tertiary/aromatic N) is 10. The molecule has 0 unspecified atom stereocenters. The van der Waals surface area contributed by atoms with E-state index in [0.29, 0.717) is 42.4 Å². The number of amides is 1. The van der Waals surface area contributed by atoms with E-state index in [1.807, 2.05) is 0 Å². The van der Waals surface area contributed by atoms with Gasteiger partial charge in [0.1, 0.15) is 6.73 Å². The van der Waals surface area contributed by atoms with Crippen molar-refractivity contribution < 1.29 is 9.53 Å². The molecule has 32 heavy (non-hydrogen) atoms. The second-order valence-corrected chi connectivity index (χ2v) is 6.89. The molecule has 0 radical (unpaired) electrons. The molecule has 1 saturated carbocycles. The van der Waals surface area contributed by atoms with Crippen molar-refractivity contribution >= 4 is 11.5 Å². The summed E-state index contributed by atoms with van der Waals surface area (Å²) in [7, 11) is 0. The Labute approximate surface area is 182 Å². The van der Waals surface area contributed by atoms with Crippen LogP contribution in [0.5, 0.6) is 0 Å². The van der Waals surface area contributed by atoms with E-state index in [4.69, 9.17) is 21.3 Å². The Hall–Kier alpha value is -4.08. The van der Waals surface area contributed by atoms with Crippen LogP contribution in [0.3, 0.4) is 0 Å². The van der Waals surface area contributed by atoms with Crippen LogP contribution in [0.1, 0.15) is 42.4 Å². The third-order valence-electron chi connectivity index (χ3n) is 4.95. The number of rotatable bonds is 11. The molecule has 2 rings (SSSR count). The van der Waals surface area contributed by atoms with Crippen molar-refractivity contribution in [2.75, 3.05) is 6.73 Å². The molecular weight excluding hydrogens is 418 g/mol. The van der Waals surface area contributed by atoms with Crippen LogP contribution in [-0.2, 0) is 22.6 Å². The van der Waals surface area contributed by atoms with Crippen LogP contribution < -0.4 is 5.32 Å². The Morgan fingerprint density at radius 2 is 1.75 bits per heavy atom. The van der Waals surface area contributed by atoms with Gasteiger partial charge in [0.05, 0.1) is 31.0 Å². The summed E-state index contributed by atoms with van der Waals surface area (Å²) < 4.78 is 5.46. The van der Waals surface area contributed by atoms with Crippen molar-refractivity contribution in [1.29, 1.82) is 0 Å². The van der Waals surface area contributed by atoms with E-state index < -0.39 is 5.91 Å². The molecular formula is C18H21N11O3. The summed E-state index contributed by atoms with van der Waals surface area (Å²) in [6.45, 7) is -0.0183. The van der Waals surface area contributed by atoms with Gasteiger partial charge in [0.15, 0.2) is 0 Å². The standard InChI is InChI=1S/C18H21N11O3/c19-27-22-8-12-1-2-13(9-23-28-20)16(7-12)17(10-25-31)18(30)26-14-3-5-15(6-4-14)32-11-24-29-21/h1-2,7,10,14-15H,3-6,8-9,11H2,(H,26,30)/b17-10+/t14-,15+. The fourth-order valence-electron chi connectivity index (χ4n) is 3.44. The van der Waals surface area contributed by atoms with Gasteiger partial charge in [-0.15, -0.1) is 4.91 Å². The van der Waals surface area contributed by atoms with Gasteiger partial charge < -0.3 is 10.1 Å². The third kappa shape index (κ3) is 7.31. The number of hydrogen-bond donors (Lipinski definition) is 1. The average Bonchev–Trinajstić information content (AvgIpc) is 2.81. The van der Waals surface area contributed by atoms with E-state index in [1.165, 1.54) is 0 Å². The molecule has 14 nitrogen and oxygen atoms in total. The summed E-state index contributed by atoms with van der Waals surface area (Å²) in [6, 6.07) is 4.80. The zero-order valence-corrected chi connectivity index (χ0v) is 17.1. The minimum atomic E-state index is -0.494. The molecule has 1 amide bonds. The maximum absolute atomic E-state index is 13.0. The number of azide groups is 3. The van der Waals surface area contributed by atoms with Crippen molar-refractivity contribution in [2.24, 2.45) is 20.5 Å². The Morgan fingerprint density at radius 1 is 1.06 bits per heavy atom. The zero-order valence-electron chi connectivity index (χ0n) is 17.1. The maximum atomic E-state index is 13.0. The first-order chi connectivity index (χ1) is 15.6. The van der Waals surface area contributed by atoms with Crippen molar-refractivity contribution in [2.45, 2.75) is 50.9 Å². The molecule has 14 heteroatoms. The molecule has 1 aliphatic carbocycles. The molecule has 1 aromatic rings. The largest absolute Gasteiger partial charge is 0.372 e. The minimum absolute atomic E-state index is 0.0210. The maximum Gasteiger partial charge on any atom is 0.253 e. The fourth-order valence-corrected chi connectivity index (χ4v) is 3.44. The van der Waals surface area contributed by atoms with E-state index >= 15 is 0 Å². The van der Waals surface area contributed by atoms with E-state index in [-0.39, 0.29) is 37.5 Å². The highest BCUT2D eigenvalue weighted by molar-refractivity contribution is 6.20. The predicted octanol–water partition coefficient (Wildman–Crippen LogP) is 5.13. The van der Waals surface area contributed by atoms with E-state index in [2.05, 4.69) is 40.6 Å². The van der Waals surface area contributed by atoms with Gasteiger partial charge in [0.2, 0.25) is 0 Å². The van der Waals surface area contributed by atoms with Gasteiger partial charge in [-0.25, -0.2) is 0 Å². The predicted molar refractivity (Wildman–Crippen MR) is 115 cm³/mol. The van der Waals surface area contributed by atoms with E-state index in [1.54, 1.807) is 18.2 Å². The number of ether oxygens (including phenoxy) is 1. The summed E-state index contributed by atoms with van der Waals surface area (Å²) in [5, 5.41) is 16.1. The Balaban J connectivity index is 2.18. The molecule has 1 N–H and O–H groups in total. The lowest BCUT2D eigenvalue weighted by molar-refractivity contribution is -0.116. The molecule has 1 fully saturated rings. The lowest BCUT2D eigenvalue weighted by atomic mass is 9.92. The van der Waals surface area contributed by atoms with Crippen LogP contribution >= 0.6 is 0 Å². The van der Waals surface area contributed by atoms with Crippen molar-refractivity contribution in [3.05, 3.63) is 77.3 Å². The number of nitroso groups, excluding NO2 is 1. The zero-order chi connectivity index (χ0) is 23.2. The van der Waals surface area contributed by atoms with Crippen LogP contribution in [0.15, 0.2) is 44.9 Å². The molecule has 166 valence electrons. The molecule has 1 aliphatic rings. The second-order valence-electron chi connectivity index (χ2n) is 6.89. The highest BCUT2D eigenvalue weighted by atomic mass is 16.5. The van der Waals surface area contributed by atoms with Gasteiger partial charge in [-0.1, -0.05) is 33.5 Å². The number of nitrogens with one attached hydrogen (secondary N) is 1. The van der Waals surface area contributed by atoms with Crippen molar-refractivity contribution in [3.8, 4) is 0 Å². The molecule has 0 spiro atoms. The Morgan fingerprint density at radius 3 is 2.41 bits per heavy atom. The SMILES string of the molecule is [N-]=[N+]=NCO[C@H]1CC[C@@H](NC(=O)/C(=C/N=O)c2cc(CN=[N+]=[N-])ccc2CN=[N+]=[N-])CC1. The van der Waals surface area contributed by atoms with Gasteiger partial charge in [-0.3, -0.25) is 4.79 Å². The summed E-state index contributed by atoms with van der Waals surface area (Å²) >= 11 is 0. The smallest absolute Gasteiger partial charge is 0.253 e. The highest BCUT2D eigenvalue weighted by Crippen LogP contribution is 2.26. The summed E-state index contributed by atoms with van der Waals surface area (Å²) in [6.07, 6.45) is 3.53. The van der Waals surface area contributed by atoms with Gasteiger partial charge in [-0.2, -0.15) is 0 Å². The van der Waals surface area contributed by atoms with Crippen molar-refractivity contribution in [3.63, 3.8) is 0 Å². The fraction of sp³-hybridized carbons (Fsp3) is 0.500. The van der Waals surface area contributed by atoms with Crippen molar-refractivity contribution in [1.82, 2.24) is 5.32 Å². The van der Waals surface area contributed by atoms with Crippen LogP contribution in [0.4, 0.5) is 0 Å². The number of hydrogen-bond acceptors (Lipinski definition) is 7. The van der Waals surface area contributed by atoms with Gasteiger partial charge in [0, 0.05) is 20.8 Å². The highest BCUT2D eigenvalue weighted by Gasteiger charge is 2.25. The first-order valence-corrected chi connectivity index (χ1v) is 9.72. The molecule has 0 saturated heterocycles. The van der Waals surface area contributed by atoms with Crippen LogP contribution in [0.25, 0.3) is 36.9 Å². The lowest BCUT2D eigenvalue weighted by Crippen LogP contribution is -2.39. The molecule has 0 aromatic heterocycles. The van der Waals surface area contributed by atoms with Gasteiger partial charge in [-0.05, 0) is 64.1 Å². The Kier molecular flexibility index (Phi) is 10.0. The third-order valence-corrected chi connectivity index (χ3v) is 4.95. The first kappa shape index (κ1) is 24.2. The molecule has 0 heterocycles. The minimum Gasteiger partial charge on any atom is -0.372 e. The summed E-state index contributed by atoms with van der Waals surface area (Å²) in [5.41, 5.74) is 27.0. The normalized spacial score (nSPS) is 17.8. The Bertz CT molecular complexity index is 997. The van der Waals surface area contributed by atoms with Gasteiger partial charge in [0.25, 0.3) is 5.91 Å². The van der Waals surface area contributed by atoms with E-state index in [0.717, 1.165) is 6.20 Å². The molecule has 0 aliphatic heterocycles. The number of carbonyl (C=O) groups is 1. The second kappa shape index (κ2) is 13.3. The van der Waals surface area contributed by atoms with Crippen LogP contribution in [-0.4, -0.2) is 24.8 Å². The number of benzene rings is 1. The average molecular weight is 439 g/mol. The quantitative estimate of drug-likeness (QED) is 0.163. The summed E-state index contributed by atoms with van der Waals surface area (Å²) in [4.78, 5) is 32.1. The molecule has 0 bridgehead atoms. The molecule has 1 aromatic carbocycles.